The van der Waals surface area contributed by atoms with Gasteiger partial charge in [0, 0.05) is 13.6 Å². The lowest BCUT2D eigenvalue weighted by molar-refractivity contribution is -0.150. The van der Waals surface area contributed by atoms with E-state index in [2.05, 4.69) is 0 Å². The average molecular weight is 255 g/mol. The number of nitrogens with zero attached hydrogens (tertiary/aromatic N) is 1. The van der Waals surface area contributed by atoms with Crippen LogP contribution in [0, 0.1) is 11.8 Å². The number of carbonyl (C=O) groups excluding carboxylic acids is 1. The van der Waals surface area contributed by atoms with Crippen molar-refractivity contribution in [3.05, 3.63) is 12.2 Å². The van der Waals surface area contributed by atoms with Gasteiger partial charge in [-0.05, 0) is 26.2 Å². The summed E-state index contributed by atoms with van der Waals surface area (Å²) in [4.78, 5) is 24.8. The first-order valence-corrected chi connectivity index (χ1v) is 6.24. The average Bonchev–Trinajstić information content (AvgIpc) is 2.34. The van der Waals surface area contributed by atoms with Crippen molar-refractivity contribution in [2.75, 3.05) is 13.6 Å². The van der Waals surface area contributed by atoms with Crippen molar-refractivity contribution in [3.63, 3.8) is 0 Å². The van der Waals surface area contributed by atoms with Crippen LogP contribution in [0.3, 0.4) is 0 Å². The van der Waals surface area contributed by atoms with Crippen LogP contribution in [0.25, 0.3) is 0 Å². The second kappa shape index (κ2) is 6.54. The minimum atomic E-state index is -0.915. The first-order chi connectivity index (χ1) is 8.43. The highest BCUT2D eigenvalue weighted by Crippen LogP contribution is 2.27. The quantitative estimate of drug-likeness (QED) is 0.715. The summed E-state index contributed by atoms with van der Waals surface area (Å²) in [6.07, 6.45) is 4.62. The number of allylic oxidation sites excluding steroid dienone is 2. The number of carboxylic acids is 1. The van der Waals surface area contributed by atoms with Crippen molar-refractivity contribution >= 4 is 11.9 Å². The number of hydrogen-bond acceptors (Lipinski definition) is 3. The van der Waals surface area contributed by atoms with E-state index in [0.29, 0.717) is 25.8 Å². The van der Waals surface area contributed by atoms with Crippen LogP contribution in [0.1, 0.15) is 26.2 Å². The Kier molecular flexibility index (Phi) is 5.34. The van der Waals surface area contributed by atoms with Crippen molar-refractivity contribution in [1.82, 2.24) is 4.90 Å². The summed E-state index contributed by atoms with van der Waals surface area (Å²) in [5, 5.41) is 18.3. The molecule has 18 heavy (non-hydrogen) atoms. The smallest absolute Gasteiger partial charge is 0.307 e. The molecule has 0 bridgehead atoms. The molecule has 0 heterocycles. The van der Waals surface area contributed by atoms with Crippen molar-refractivity contribution < 1.29 is 19.8 Å². The highest BCUT2D eigenvalue weighted by molar-refractivity contribution is 5.85. The van der Waals surface area contributed by atoms with E-state index < -0.39 is 23.9 Å². The highest BCUT2D eigenvalue weighted by Gasteiger charge is 2.35. The Hall–Kier alpha value is -1.36. The Morgan fingerprint density at radius 3 is 2.39 bits per heavy atom. The third-order valence-electron chi connectivity index (χ3n) is 3.33. The van der Waals surface area contributed by atoms with Crippen LogP contribution in [-0.2, 0) is 9.59 Å². The molecule has 5 nitrogen and oxygen atoms in total. The fourth-order valence-corrected chi connectivity index (χ4v) is 2.13. The minimum absolute atomic E-state index is 0.146. The first kappa shape index (κ1) is 14.7. The fourth-order valence-electron chi connectivity index (χ4n) is 2.13. The number of carboxylic acid groups (broad SMARTS) is 1. The SMILES string of the molecule is CC(O)CCN(C)C(=O)C1CC=CCC1C(=O)O. The van der Waals surface area contributed by atoms with Crippen LogP contribution < -0.4 is 0 Å². The molecular formula is C13H21NO4. The fraction of sp³-hybridized carbons (Fsp3) is 0.692. The summed E-state index contributed by atoms with van der Waals surface area (Å²) in [7, 11) is 1.65. The molecule has 0 radical (unpaired) electrons. The van der Waals surface area contributed by atoms with Gasteiger partial charge in [0.05, 0.1) is 17.9 Å². The number of amides is 1. The van der Waals surface area contributed by atoms with Crippen LogP contribution >= 0.6 is 0 Å². The van der Waals surface area contributed by atoms with Crippen LogP contribution in [0.15, 0.2) is 12.2 Å². The summed E-state index contributed by atoms with van der Waals surface area (Å²) >= 11 is 0. The van der Waals surface area contributed by atoms with Crippen LogP contribution in [0.2, 0.25) is 0 Å². The highest BCUT2D eigenvalue weighted by atomic mass is 16.4. The normalized spacial score (nSPS) is 24.6. The second-order valence-corrected chi connectivity index (χ2v) is 4.89. The molecule has 0 saturated heterocycles. The van der Waals surface area contributed by atoms with Gasteiger partial charge in [0.25, 0.3) is 0 Å². The molecule has 1 rings (SSSR count). The molecule has 2 N–H and O–H groups in total. The summed E-state index contributed by atoms with van der Waals surface area (Å²) in [5.41, 5.74) is 0. The maximum Gasteiger partial charge on any atom is 0.307 e. The number of aliphatic hydroxyl groups excluding tert-OH is 1. The van der Waals surface area contributed by atoms with Gasteiger partial charge in [0.2, 0.25) is 5.91 Å². The zero-order valence-corrected chi connectivity index (χ0v) is 10.9. The van der Waals surface area contributed by atoms with Gasteiger partial charge in [-0.3, -0.25) is 9.59 Å². The largest absolute Gasteiger partial charge is 0.481 e. The number of aliphatic hydroxyl groups is 1. The topological polar surface area (TPSA) is 77.8 Å². The lowest BCUT2D eigenvalue weighted by Gasteiger charge is -2.29. The van der Waals surface area contributed by atoms with E-state index in [1.807, 2.05) is 12.2 Å². The van der Waals surface area contributed by atoms with Gasteiger partial charge < -0.3 is 15.1 Å². The third-order valence-corrected chi connectivity index (χ3v) is 3.33. The molecule has 0 aromatic carbocycles. The van der Waals surface area contributed by atoms with Crippen molar-refractivity contribution in [2.45, 2.75) is 32.3 Å². The predicted octanol–water partition coefficient (Wildman–Crippen LogP) is 0.883. The van der Waals surface area contributed by atoms with Gasteiger partial charge in [-0.15, -0.1) is 0 Å². The zero-order valence-electron chi connectivity index (χ0n) is 10.9. The molecule has 5 heteroatoms. The number of aliphatic carboxylic acids is 1. The Morgan fingerprint density at radius 2 is 1.89 bits per heavy atom. The van der Waals surface area contributed by atoms with E-state index in [0.717, 1.165) is 0 Å². The molecule has 0 aliphatic heterocycles. The van der Waals surface area contributed by atoms with Crippen LogP contribution in [0.4, 0.5) is 0 Å². The van der Waals surface area contributed by atoms with Crippen molar-refractivity contribution in [2.24, 2.45) is 11.8 Å². The molecule has 102 valence electrons. The summed E-state index contributed by atoms with van der Waals surface area (Å²) in [6, 6.07) is 0. The minimum Gasteiger partial charge on any atom is -0.481 e. The predicted molar refractivity (Wildman–Crippen MR) is 66.9 cm³/mol. The van der Waals surface area contributed by atoms with Crippen LogP contribution in [0.5, 0.6) is 0 Å². The van der Waals surface area contributed by atoms with Gasteiger partial charge in [-0.25, -0.2) is 0 Å². The molecule has 1 amide bonds. The Balaban J connectivity index is 2.63. The van der Waals surface area contributed by atoms with E-state index in [9.17, 15) is 14.7 Å². The maximum absolute atomic E-state index is 12.2. The molecule has 0 saturated carbocycles. The number of rotatable bonds is 5. The van der Waals surface area contributed by atoms with E-state index >= 15 is 0 Å². The molecule has 0 fully saturated rings. The Labute approximate surface area is 107 Å². The first-order valence-electron chi connectivity index (χ1n) is 6.24. The Bertz CT molecular complexity index is 338. The zero-order chi connectivity index (χ0) is 13.7. The maximum atomic E-state index is 12.2. The summed E-state index contributed by atoms with van der Waals surface area (Å²) in [6.45, 7) is 2.12. The summed E-state index contributed by atoms with van der Waals surface area (Å²) in [5.74, 6) is -2.17. The van der Waals surface area contributed by atoms with Gasteiger partial charge in [0.1, 0.15) is 0 Å². The van der Waals surface area contributed by atoms with Gasteiger partial charge in [-0.1, -0.05) is 12.2 Å². The molecule has 0 aromatic heterocycles. The second-order valence-electron chi connectivity index (χ2n) is 4.89. The molecule has 3 atom stereocenters. The van der Waals surface area contributed by atoms with Crippen molar-refractivity contribution in [1.29, 1.82) is 0 Å². The van der Waals surface area contributed by atoms with Crippen LogP contribution in [-0.4, -0.2) is 46.7 Å². The summed E-state index contributed by atoms with van der Waals surface area (Å²) < 4.78 is 0. The lowest BCUT2D eigenvalue weighted by atomic mass is 9.82. The standard InChI is InChI=1S/C13H21NO4/c1-9(15)7-8-14(2)12(16)10-5-3-4-6-11(10)13(17)18/h3-4,9-11,15H,5-8H2,1-2H3,(H,17,18). The molecule has 1 aliphatic rings. The van der Waals surface area contributed by atoms with E-state index in [1.54, 1.807) is 14.0 Å². The van der Waals surface area contributed by atoms with Gasteiger partial charge >= 0.3 is 5.97 Å². The molecule has 0 spiro atoms. The number of carbonyl (C=O) groups is 2. The number of hydrogen-bond donors (Lipinski definition) is 2. The Morgan fingerprint density at radius 1 is 1.33 bits per heavy atom. The van der Waals surface area contributed by atoms with E-state index in [-0.39, 0.29) is 5.91 Å². The van der Waals surface area contributed by atoms with Gasteiger partial charge in [-0.2, -0.15) is 0 Å². The monoisotopic (exact) mass is 255 g/mol. The van der Waals surface area contributed by atoms with E-state index in [4.69, 9.17) is 5.11 Å². The molecule has 1 aliphatic carbocycles. The molecule has 3 unspecified atom stereocenters. The molecule has 0 aromatic rings. The van der Waals surface area contributed by atoms with E-state index in [1.165, 1.54) is 4.90 Å². The molecular weight excluding hydrogens is 234 g/mol. The van der Waals surface area contributed by atoms with Crippen molar-refractivity contribution in [3.8, 4) is 0 Å². The van der Waals surface area contributed by atoms with Gasteiger partial charge in [0.15, 0.2) is 0 Å². The lowest BCUT2D eigenvalue weighted by Crippen LogP contribution is -2.40. The third kappa shape index (κ3) is 3.84.